The topological polar surface area (TPSA) is 66.9 Å². The molecule has 0 unspecified atom stereocenters. The van der Waals surface area contributed by atoms with Crippen LogP contribution in [0.5, 0.6) is 0 Å². The van der Waals surface area contributed by atoms with Gasteiger partial charge in [0.1, 0.15) is 5.82 Å². The van der Waals surface area contributed by atoms with Crippen LogP contribution in [0.2, 0.25) is 0 Å². The molecule has 3 aliphatic rings. The number of amides is 1. The minimum atomic E-state index is -0.132. The molecule has 33 heavy (non-hydrogen) atoms. The number of methoxy groups -OCH3 is 1. The van der Waals surface area contributed by atoms with Gasteiger partial charge in [-0.1, -0.05) is 6.07 Å². The van der Waals surface area contributed by atoms with Gasteiger partial charge >= 0.3 is 0 Å². The molecule has 0 radical (unpaired) electrons. The van der Waals surface area contributed by atoms with Crippen molar-refractivity contribution in [2.24, 2.45) is 5.92 Å². The monoisotopic (exact) mass is 450 g/mol. The van der Waals surface area contributed by atoms with Crippen molar-refractivity contribution in [3.8, 4) is 0 Å². The largest absolute Gasteiger partial charge is 0.379 e. The fourth-order valence-electron chi connectivity index (χ4n) is 5.27. The molecule has 1 aromatic heterocycles. The smallest absolute Gasteiger partial charge is 0.230 e. The Morgan fingerprint density at radius 3 is 2.88 bits per heavy atom. The summed E-state index contributed by atoms with van der Waals surface area (Å²) >= 11 is 0. The van der Waals surface area contributed by atoms with Gasteiger partial charge in [0.2, 0.25) is 5.91 Å². The number of ether oxygens (including phenoxy) is 2. The number of hydrogen-bond acceptors (Lipinski definition) is 6. The number of morpholine rings is 1. The maximum atomic E-state index is 14.0. The van der Waals surface area contributed by atoms with E-state index in [1.54, 1.807) is 13.3 Å². The number of nitrogens with one attached hydrogen (secondary N) is 1. The highest BCUT2D eigenvalue weighted by atomic mass is 16.5. The molecular formula is C26H34N4O3. The summed E-state index contributed by atoms with van der Waals surface area (Å²) in [4.78, 5) is 22.9. The van der Waals surface area contributed by atoms with E-state index in [0.29, 0.717) is 6.54 Å². The summed E-state index contributed by atoms with van der Waals surface area (Å²) in [6, 6.07) is 10.4. The average molecular weight is 451 g/mol. The molecule has 2 fully saturated rings. The molecule has 5 rings (SSSR count). The standard InChI is InChI=1S/C26H34N4O3/c1-26(32-2)10-3-5-19(9-11-26)25(31)30-18-20-6-4-12-27-24(20)28-22-8-7-21(17-23(22)30)29-13-15-33-16-14-29/h4,6-8,12,17,19H,3,5,9-11,13-16,18H2,1-2H3,(H,27,28)/t19-,26-/m1/s1. The van der Waals surface area contributed by atoms with Gasteiger partial charge in [0.15, 0.2) is 0 Å². The van der Waals surface area contributed by atoms with Gasteiger partial charge in [0.05, 0.1) is 36.7 Å². The van der Waals surface area contributed by atoms with E-state index >= 15 is 0 Å². The van der Waals surface area contributed by atoms with Crippen LogP contribution in [0, 0.1) is 5.92 Å². The number of benzene rings is 1. The fraction of sp³-hybridized carbons (Fsp3) is 0.538. The Morgan fingerprint density at radius 1 is 1.21 bits per heavy atom. The van der Waals surface area contributed by atoms with Crippen LogP contribution >= 0.6 is 0 Å². The van der Waals surface area contributed by atoms with Gasteiger partial charge in [-0.3, -0.25) is 4.79 Å². The predicted octanol–water partition coefficient (Wildman–Crippen LogP) is 4.49. The van der Waals surface area contributed by atoms with Crippen LogP contribution in [0.3, 0.4) is 0 Å². The number of nitrogens with zero attached hydrogens (tertiary/aromatic N) is 3. The Kier molecular flexibility index (Phi) is 6.25. The predicted molar refractivity (Wildman–Crippen MR) is 130 cm³/mol. The van der Waals surface area contributed by atoms with Crippen molar-refractivity contribution in [1.29, 1.82) is 0 Å². The highest BCUT2D eigenvalue weighted by Crippen LogP contribution is 2.40. The molecule has 1 N–H and O–H groups in total. The first-order chi connectivity index (χ1) is 16.1. The second-order valence-corrected chi connectivity index (χ2v) is 9.64. The van der Waals surface area contributed by atoms with E-state index in [2.05, 4.69) is 46.4 Å². The van der Waals surface area contributed by atoms with E-state index in [9.17, 15) is 4.79 Å². The highest BCUT2D eigenvalue weighted by Gasteiger charge is 2.35. The maximum absolute atomic E-state index is 14.0. The third-order valence-electron chi connectivity index (χ3n) is 7.51. The normalized spacial score (nSPS) is 25.3. The Hall–Kier alpha value is -2.64. The van der Waals surface area contributed by atoms with Crippen LogP contribution in [-0.4, -0.2) is 49.9 Å². The van der Waals surface area contributed by atoms with Crippen molar-refractivity contribution in [2.75, 3.05) is 48.5 Å². The van der Waals surface area contributed by atoms with Crippen molar-refractivity contribution in [1.82, 2.24) is 4.98 Å². The Balaban J connectivity index is 1.49. The van der Waals surface area contributed by atoms with E-state index in [4.69, 9.17) is 9.47 Å². The lowest BCUT2D eigenvalue weighted by atomic mass is 9.94. The zero-order chi connectivity index (χ0) is 22.8. The van der Waals surface area contributed by atoms with Gasteiger partial charge in [0.25, 0.3) is 0 Å². The van der Waals surface area contributed by atoms with E-state index in [1.807, 2.05) is 11.0 Å². The van der Waals surface area contributed by atoms with Crippen LogP contribution in [0.1, 0.15) is 44.6 Å². The summed E-state index contributed by atoms with van der Waals surface area (Å²) in [6.07, 6.45) is 6.46. The van der Waals surface area contributed by atoms with E-state index in [1.165, 1.54) is 0 Å². The van der Waals surface area contributed by atoms with E-state index < -0.39 is 0 Å². The lowest BCUT2D eigenvalue weighted by Gasteiger charge is -2.32. The molecule has 1 saturated heterocycles. The maximum Gasteiger partial charge on any atom is 0.230 e. The first kappa shape index (κ1) is 22.2. The molecule has 2 aliphatic heterocycles. The first-order valence-corrected chi connectivity index (χ1v) is 12.1. The summed E-state index contributed by atoms with van der Waals surface area (Å²) in [5, 5.41) is 3.49. The van der Waals surface area contributed by atoms with E-state index in [-0.39, 0.29) is 17.4 Å². The number of carbonyl (C=O) groups is 1. The molecule has 1 aliphatic carbocycles. The molecule has 2 atom stereocenters. The number of rotatable bonds is 3. The number of carbonyl (C=O) groups excluding carboxylic acids is 1. The van der Waals surface area contributed by atoms with Crippen LogP contribution in [0.4, 0.5) is 22.9 Å². The lowest BCUT2D eigenvalue weighted by Crippen LogP contribution is -2.37. The Labute approximate surface area is 196 Å². The Morgan fingerprint density at radius 2 is 2.06 bits per heavy atom. The molecule has 176 valence electrons. The van der Waals surface area contributed by atoms with E-state index in [0.717, 1.165) is 86.9 Å². The van der Waals surface area contributed by atoms with Gasteiger partial charge in [-0.15, -0.1) is 0 Å². The molecule has 1 amide bonds. The molecule has 3 heterocycles. The number of pyridine rings is 1. The number of anilines is 4. The second kappa shape index (κ2) is 9.31. The molecule has 1 aromatic carbocycles. The van der Waals surface area contributed by atoms with Crippen molar-refractivity contribution in [3.63, 3.8) is 0 Å². The third kappa shape index (κ3) is 4.57. The molecule has 7 nitrogen and oxygen atoms in total. The summed E-state index contributed by atoms with van der Waals surface area (Å²) in [5.41, 5.74) is 3.88. The fourth-order valence-corrected chi connectivity index (χ4v) is 5.27. The number of fused-ring (bicyclic) bond motifs is 2. The third-order valence-corrected chi connectivity index (χ3v) is 7.51. The van der Waals surface area contributed by atoms with Crippen LogP contribution in [0.25, 0.3) is 0 Å². The van der Waals surface area contributed by atoms with Gasteiger partial charge in [-0.25, -0.2) is 4.98 Å². The zero-order valence-electron chi connectivity index (χ0n) is 19.7. The molecule has 2 aromatic rings. The first-order valence-electron chi connectivity index (χ1n) is 12.1. The number of aromatic nitrogens is 1. The summed E-state index contributed by atoms with van der Waals surface area (Å²) in [7, 11) is 1.79. The molecule has 7 heteroatoms. The van der Waals surface area contributed by atoms with Crippen LogP contribution in [0.15, 0.2) is 36.5 Å². The lowest BCUT2D eigenvalue weighted by molar-refractivity contribution is -0.123. The summed E-state index contributed by atoms with van der Waals surface area (Å²) in [5.74, 6) is 1.02. The van der Waals surface area contributed by atoms with Gasteiger partial charge in [-0.05, 0) is 63.3 Å². The SMILES string of the molecule is CO[C@]1(C)CCC[C@@H](C(=O)N2Cc3cccnc3Nc3ccc(N4CCOCC4)cc32)CC1. The minimum absolute atomic E-state index is 0.0000826. The molecule has 0 spiro atoms. The minimum Gasteiger partial charge on any atom is -0.379 e. The molecule has 0 bridgehead atoms. The Bertz CT molecular complexity index is 1010. The molecule has 1 saturated carbocycles. The number of hydrogen-bond donors (Lipinski definition) is 1. The van der Waals surface area contributed by atoms with Gasteiger partial charge in [0, 0.05) is 43.6 Å². The van der Waals surface area contributed by atoms with Crippen molar-refractivity contribution < 1.29 is 14.3 Å². The zero-order valence-corrected chi connectivity index (χ0v) is 19.7. The van der Waals surface area contributed by atoms with Crippen molar-refractivity contribution >= 4 is 28.8 Å². The second-order valence-electron chi connectivity index (χ2n) is 9.64. The quantitative estimate of drug-likeness (QED) is 0.695. The highest BCUT2D eigenvalue weighted by molar-refractivity contribution is 6.00. The van der Waals surface area contributed by atoms with Crippen molar-refractivity contribution in [2.45, 2.75) is 51.2 Å². The summed E-state index contributed by atoms with van der Waals surface area (Å²) < 4.78 is 11.3. The summed E-state index contributed by atoms with van der Waals surface area (Å²) in [6.45, 7) is 5.87. The van der Waals surface area contributed by atoms with Crippen molar-refractivity contribution in [3.05, 3.63) is 42.1 Å². The van der Waals surface area contributed by atoms with Gasteiger partial charge in [-0.2, -0.15) is 0 Å². The van der Waals surface area contributed by atoms with Gasteiger partial charge < -0.3 is 24.6 Å². The van der Waals surface area contributed by atoms with Crippen LogP contribution in [-0.2, 0) is 20.8 Å². The average Bonchev–Trinajstić information content (AvgIpc) is 3.16. The van der Waals surface area contributed by atoms with Crippen LogP contribution < -0.4 is 15.1 Å². The molecular weight excluding hydrogens is 416 g/mol.